The summed E-state index contributed by atoms with van der Waals surface area (Å²) in [6.45, 7) is 9.87. The number of carbonyl (C=O) groups is 1. The van der Waals surface area contributed by atoms with E-state index in [9.17, 15) is 4.79 Å². The van der Waals surface area contributed by atoms with Gasteiger partial charge in [0.15, 0.2) is 0 Å². The van der Waals surface area contributed by atoms with E-state index >= 15 is 0 Å². The van der Waals surface area contributed by atoms with Crippen LogP contribution in [0, 0.1) is 0 Å². The fourth-order valence-electron chi connectivity index (χ4n) is 4.16. The topological polar surface area (TPSA) is 44.8 Å². The third-order valence-electron chi connectivity index (χ3n) is 5.81. The quantitative estimate of drug-likeness (QED) is 0.338. The Hall–Kier alpha value is -2.83. The number of ether oxygens (including phenoxy) is 1. The van der Waals surface area contributed by atoms with Crippen LogP contribution < -0.4 is 10.2 Å². The molecule has 0 atom stereocenters. The van der Waals surface area contributed by atoms with Crippen LogP contribution in [-0.2, 0) is 9.53 Å². The molecule has 1 amide bonds. The maximum Gasteiger partial charge on any atom is 0.247 e. The summed E-state index contributed by atoms with van der Waals surface area (Å²) in [7, 11) is 0. The largest absolute Gasteiger partial charge is 0.494 e. The van der Waals surface area contributed by atoms with E-state index in [-0.39, 0.29) is 5.91 Å². The zero-order chi connectivity index (χ0) is 22.2. The predicted octanol–water partition coefficient (Wildman–Crippen LogP) is 4.85. The lowest BCUT2D eigenvalue weighted by Crippen LogP contribution is -2.46. The van der Waals surface area contributed by atoms with Gasteiger partial charge < -0.3 is 15.0 Å². The summed E-state index contributed by atoms with van der Waals surface area (Å²) in [5, 5.41) is 6.40. The van der Waals surface area contributed by atoms with Crippen LogP contribution in [0.5, 0.6) is 0 Å². The fraction of sp³-hybridized carbons (Fsp3) is 0.346. The zero-order valence-electron chi connectivity index (χ0n) is 18.5. The van der Waals surface area contributed by atoms with E-state index in [1.54, 1.807) is 12.2 Å². The third kappa shape index (κ3) is 5.90. The number of rotatable bonds is 9. The first-order valence-corrected chi connectivity index (χ1v) is 12.2. The minimum atomic E-state index is -0.0902. The van der Waals surface area contributed by atoms with Gasteiger partial charge in [0.25, 0.3) is 0 Å². The molecule has 4 rings (SSSR count). The number of thiophene rings is 1. The Kier molecular flexibility index (Phi) is 7.80. The minimum Gasteiger partial charge on any atom is -0.494 e. The molecule has 0 spiro atoms. The van der Waals surface area contributed by atoms with Crippen molar-refractivity contribution in [3.63, 3.8) is 0 Å². The van der Waals surface area contributed by atoms with Gasteiger partial charge in [-0.05, 0) is 61.2 Å². The molecule has 0 bridgehead atoms. The van der Waals surface area contributed by atoms with Gasteiger partial charge in [0, 0.05) is 54.1 Å². The number of nitrogens with zero attached hydrogens (tertiary/aromatic N) is 2. The molecule has 0 saturated carbocycles. The van der Waals surface area contributed by atoms with Crippen LogP contribution in [0.2, 0.25) is 0 Å². The molecule has 2 aliphatic rings. The molecule has 6 heteroatoms. The lowest BCUT2D eigenvalue weighted by Gasteiger charge is -2.36. The summed E-state index contributed by atoms with van der Waals surface area (Å²) < 4.78 is 7.30. The van der Waals surface area contributed by atoms with Crippen molar-refractivity contribution >= 4 is 33.0 Å². The Bertz CT molecular complexity index is 1030. The van der Waals surface area contributed by atoms with Crippen molar-refractivity contribution in [2.45, 2.75) is 19.3 Å². The Morgan fingerprint density at radius 1 is 1.19 bits per heavy atom. The van der Waals surface area contributed by atoms with Crippen LogP contribution in [0.15, 0.2) is 78.1 Å². The van der Waals surface area contributed by atoms with E-state index in [1.807, 2.05) is 29.6 Å². The molecule has 32 heavy (non-hydrogen) atoms. The summed E-state index contributed by atoms with van der Waals surface area (Å²) in [5.74, 6) is 0.648. The van der Waals surface area contributed by atoms with Gasteiger partial charge in [0.1, 0.15) is 5.76 Å². The smallest absolute Gasteiger partial charge is 0.247 e. The molecule has 1 aromatic carbocycles. The summed E-state index contributed by atoms with van der Waals surface area (Å²) in [4.78, 5) is 16.6. The maximum atomic E-state index is 11.5. The number of unbranched alkanes of at least 4 members (excludes halogenated alkanes) is 1. The van der Waals surface area contributed by atoms with Crippen molar-refractivity contribution in [1.82, 2.24) is 10.2 Å². The number of anilines is 1. The number of fused-ring (bicyclic) bond motifs is 1. The molecule has 168 valence electrons. The Balaban J connectivity index is 1.17. The number of piperazine rings is 1. The Morgan fingerprint density at radius 3 is 2.88 bits per heavy atom. The number of hydrogen-bond donors (Lipinski definition) is 1. The van der Waals surface area contributed by atoms with Crippen LogP contribution in [0.1, 0.15) is 19.3 Å². The molecule has 0 unspecified atom stereocenters. The fourth-order valence-corrected chi connectivity index (χ4v) is 4.97. The molecule has 5 nitrogen and oxygen atoms in total. The van der Waals surface area contributed by atoms with Crippen LogP contribution in [0.4, 0.5) is 5.69 Å². The standard InChI is InChI=1S/C26H31N3O2S/c1-2-7-22(20-21-8-5-11-26(30)27-21)31-18-4-3-13-28-14-16-29(17-15-28)24-9-6-10-25-23(24)12-19-32-25/h2,5-7,9-12,19-20H,1,3-4,8,13-18H2,(H,27,30)/b21-20+,22-7+. The lowest BCUT2D eigenvalue weighted by molar-refractivity contribution is -0.116. The molecule has 0 aliphatic carbocycles. The van der Waals surface area contributed by atoms with Crippen molar-refractivity contribution in [2.24, 2.45) is 0 Å². The van der Waals surface area contributed by atoms with Gasteiger partial charge in [-0.25, -0.2) is 0 Å². The SMILES string of the molecule is C=C/C=C(\C=C1/CC=CC(=O)N1)OCCCCN1CCN(c2cccc3sccc23)CC1. The highest BCUT2D eigenvalue weighted by Gasteiger charge is 2.18. The monoisotopic (exact) mass is 449 g/mol. The predicted molar refractivity (Wildman–Crippen MR) is 134 cm³/mol. The van der Waals surface area contributed by atoms with Crippen molar-refractivity contribution < 1.29 is 9.53 Å². The van der Waals surface area contributed by atoms with E-state index in [2.05, 4.69) is 51.3 Å². The number of carbonyl (C=O) groups excluding carboxylic acids is 1. The Morgan fingerprint density at radius 2 is 2.06 bits per heavy atom. The molecule has 1 saturated heterocycles. The molecule has 1 N–H and O–H groups in total. The van der Waals surface area contributed by atoms with E-state index in [0.717, 1.165) is 57.0 Å². The van der Waals surface area contributed by atoms with Gasteiger partial charge in [0.2, 0.25) is 5.91 Å². The number of nitrogens with one attached hydrogen (secondary N) is 1. The summed E-state index contributed by atoms with van der Waals surface area (Å²) >= 11 is 1.81. The highest BCUT2D eigenvalue weighted by Crippen LogP contribution is 2.31. The molecular formula is C26H31N3O2S. The zero-order valence-corrected chi connectivity index (χ0v) is 19.3. The second kappa shape index (κ2) is 11.2. The lowest BCUT2D eigenvalue weighted by atomic mass is 10.2. The first kappa shape index (κ1) is 22.4. The first-order chi connectivity index (χ1) is 15.7. The van der Waals surface area contributed by atoms with Gasteiger partial charge in [-0.15, -0.1) is 11.3 Å². The molecule has 3 heterocycles. The van der Waals surface area contributed by atoms with Gasteiger partial charge in [-0.2, -0.15) is 0 Å². The van der Waals surface area contributed by atoms with Crippen molar-refractivity contribution in [1.29, 1.82) is 0 Å². The second-order valence-electron chi connectivity index (χ2n) is 8.06. The van der Waals surface area contributed by atoms with E-state index in [4.69, 9.17) is 4.74 Å². The first-order valence-electron chi connectivity index (χ1n) is 11.3. The highest BCUT2D eigenvalue weighted by atomic mass is 32.1. The average molecular weight is 450 g/mol. The van der Waals surface area contributed by atoms with Gasteiger partial charge >= 0.3 is 0 Å². The van der Waals surface area contributed by atoms with Gasteiger partial charge in [-0.1, -0.05) is 24.8 Å². The number of allylic oxidation sites excluding steroid dienone is 4. The van der Waals surface area contributed by atoms with Crippen molar-refractivity contribution in [3.05, 3.63) is 78.1 Å². The molecule has 1 aromatic heterocycles. The van der Waals surface area contributed by atoms with E-state index < -0.39 is 0 Å². The van der Waals surface area contributed by atoms with Crippen molar-refractivity contribution in [3.8, 4) is 0 Å². The van der Waals surface area contributed by atoms with Crippen molar-refractivity contribution in [2.75, 3.05) is 44.2 Å². The maximum absolute atomic E-state index is 11.5. The molecule has 2 aliphatic heterocycles. The summed E-state index contributed by atoms with van der Waals surface area (Å²) in [6.07, 6.45) is 11.7. The normalized spacial score (nSPS) is 18.9. The number of benzene rings is 1. The summed E-state index contributed by atoms with van der Waals surface area (Å²) in [6, 6.07) is 8.87. The minimum absolute atomic E-state index is 0.0902. The average Bonchev–Trinajstić information content (AvgIpc) is 3.28. The molecular weight excluding hydrogens is 418 g/mol. The van der Waals surface area contributed by atoms with E-state index in [1.165, 1.54) is 15.8 Å². The van der Waals surface area contributed by atoms with Crippen LogP contribution in [-0.4, -0.2) is 50.1 Å². The van der Waals surface area contributed by atoms with Crippen LogP contribution in [0.3, 0.4) is 0 Å². The van der Waals surface area contributed by atoms with Gasteiger partial charge in [-0.3, -0.25) is 9.69 Å². The third-order valence-corrected chi connectivity index (χ3v) is 6.69. The molecule has 0 radical (unpaired) electrons. The molecule has 2 aromatic rings. The number of amides is 1. The number of hydrogen-bond acceptors (Lipinski definition) is 5. The van der Waals surface area contributed by atoms with E-state index in [0.29, 0.717) is 13.0 Å². The van der Waals surface area contributed by atoms with Crippen LogP contribution >= 0.6 is 11.3 Å². The molecule has 1 fully saturated rings. The summed E-state index contributed by atoms with van der Waals surface area (Å²) in [5.41, 5.74) is 2.22. The Labute approximate surface area is 194 Å². The highest BCUT2D eigenvalue weighted by molar-refractivity contribution is 7.17. The van der Waals surface area contributed by atoms with Crippen LogP contribution in [0.25, 0.3) is 10.1 Å². The van der Waals surface area contributed by atoms with Gasteiger partial charge in [0.05, 0.1) is 6.61 Å². The second-order valence-corrected chi connectivity index (χ2v) is 9.01.